The van der Waals surface area contributed by atoms with Crippen LogP contribution in [0.15, 0.2) is 12.5 Å². The third-order valence-electron chi connectivity index (χ3n) is 3.41. The second kappa shape index (κ2) is 6.53. The van der Waals surface area contributed by atoms with Crippen molar-refractivity contribution in [3.8, 4) is 0 Å². The number of nitrogens with zero attached hydrogens (tertiary/aromatic N) is 3. The summed E-state index contributed by atoms with van der Waals surface area (Å²) >= 11 is 0. The van der Waals surface area contributed by atoms with Crippen LogP contribution in [-0.4, -0.2) is 54.8 Å². The van der Waals surface area contributed by atoms with E-state index in [1.54, 1.807) is 6.92 Å². The lowest BCUT2D eigenvalue weighted by molar-refractivity contribution is -0.140. The van der Waals surface area contributed by atoms with Crippen molar-refractivity contribution in [2.75, 3.05) is 12.3 Å². The third-order valence-corrected chi connectivity index (χ3v) is 3.41. The summed E-state index contributed by atoms with van der Waals surface area (Å²) in [6.45, 7) is 2.46. The van der Waals surface area contributed by atoms with Gasteiger partial charge in [0.2, 0.25) is 0 Å². The molecule has 0 radical (unpaired) electrons. The van der Waals surface area contributed by atoms with Crippen LogP contribution in [0.4, 0.5) is 10.2 Å². The molecule has 0 aliphatic carbocycles. The maximum atomic E-state index is 14.0. The van der Waals surface area contributed by atoms with E-state index in [1.165, 1.54) is 17.8 Å². The Kier molecular flexibility index (Phi) is 4.91. The van der Waals surface area contributed by atoms with Crippen LogP contribution >= 0.6 is 0 Å². The second-order valence-corrected chi connectivity index (χ2v) is 5.03. The Morgan fingerprint density at radius 1 is 1.36 bits per heavy atom. The summed E-state index contributed by atoms with van der Waals surface area (Å²) in [4.78, 5) is 7.70. The molecule has 5 N–H and O–H groups in total. The molecule has 0 fully saturated rings. The van der Waals surface area contributed by atoms with E-state index in [1.807, 2.05) is 0 Å². The van der Waals surface area contributed by atoms with Gasteiger partial charge in [0.15, 0.2) is 11.5 Å². The largest absolute Gasteiger partial charge is 0.394 e. The zero-order valence-electron chi connectivity index (χ0n) is 12.2. The van der Waals surface area contributed by atoms with Crippen LogP contribution in [0.3, 0.4) is 0 Å². The minimum atomic E-state index is -1.28. The molecule has 4 atom stereocenters. The van der Waals surface area contributed by atoms with Gasteiger partial charge >= 0.3 is 0 Å². The number of rotatable bonds is 6. The first-order chi connectivity index (χ1) is 10.4. The van der Waals surface area contributed by atoms with E-state index in [-0.39, 0.29) is 16.9 Å². The highest BCUT2D eigenvalue weighted by Gasteiger charge is 2.27. The number of nitrogen functional groups attached to an aromatic ring is 1. The van der Waals surface area contributed by atoms with E-state index in [9.17, 15) is 19.7 Å². The molecule has 2 aromatic rings. The van der Waals surface area contributed by atoms with Crippen molar-refractivity contribution in [2.24, 2.45) is 0 Å². The number of hydrogen-bond donors (Lipinski definition) is 4. The van der Waals surface area contributed by atoms with E-state index < -0.39 is 37.0 Å². The molecule has 0 aromatic carbocycles. The van der Waals surface area contributed by atoms with Crippen molar-refractivity contribution < 1.29 is 24.4 Å². The van der Waals surface area contributed by atoms with Gasteiger partial charge in [-0.15, -0.1) is 0 Å². The van der Waals surface area contributed by atoms with Crippen molar-refractivity contribution in [1.82, 2.24) is 14.5 Å². The highest BCUT2D eigenvalue weighted by molar-refractivity contribution is 5.86. The highest BCUT2D eigenvalue weighted by Crippen LogP contribution is 2.26. The molecule has 0 aliphatic rings. The topological polar surface area (TPSA) is 127 Å². The first-order valence-corrected chi connectivity index (χ1v) is 6.75. The highest BCUT2D eigenvalue weighted by atomic mass is 19.1. The second-order valence-electron chi connectivity index (χ2n) is 5.03. The molecule has 0 spiro atoms. The van der Waals surface area contributed by atoms with E-state index in [0.717, 1.165) is 6.20 Å². The van der Waals surface area contributed by atoms with Crippen molar-refractivity contribution in [3.05, 3.63) is 18.3 Å². The number of fused-ring (bicyclic) bond motifs is 1. The van der Waals surface area contributed by atoms with Gasteiger partial charge in [0.05, 0.1) is 18.1 Å². The number of anilines is 1. The van der Waals surface area contributed by atoms with E-state index in [4.69, 9.17) is 10.5 Å². The Labute approximate surface area is 126 Å². The Balaban J connectivity index is 2.30. The normalized spacial score (nSPS) is 17.4. The van der Waals surface area contributed by atoms with Gasteiger partial charge in [-0.2, -0.15) is 0 Å². The monoisotopic (exact) mass is 314 g/mol. The van der Waals surface area contributed by atoms with E-state index in [2.05, 4.69) is 9.97 Å². The predicted molar refractivity (Wildman–Crippen MR) is 76.3 cm³/mol. The Morgan fingerprint density at radius 3 is 2.64 bits per heavy atom. The van der Waals surface area contributed by atoms with Crippen LogP contribution in [0, 0.1) is 5.82 Å². The lowest BCUT2D eigenvalue weighted by Gasteiger charge is -2.27. The molecule has 122 valence electrons. The molecule has 0 aliphatic heterocycles. The van der Waals surface area contributed by atoms with Gasteiger partial charge < -0.3 is 30.4 Å². The smallest absolute Gasteiger partial charge is 0.154 e. The molecule has 22 heavy (non-hydrogen) atoms. The molecule has 2 rings (SSSR count). The summed E-state index contributed by atoms with van der Waals surface area (Å²) in [5.41, 5.74) is 5.86. The van der Waals surface area contributed by atoms with Crippen molar-refractivity contribution in [3.63, 3.8) is 0 Å². The van der Waals surface area contributed by atoms with Crippen molar-refractivity contribution >= 4 is 16.9 Å². The summed E-state index contributed by atoms with van der Waals surface area (Å²) < 4.78 is 20.8. The number of nitrogens with two attached hydrogens (primary N) is 1. The minimum Gasteiger partial charge on any atom is -0.394 e. The van der Waals surface area contributed by atoms with Crippen LogP contribution in [0.5, 0.6) is 0 Å². The number of halogens is 1. The lowest BCUT2D eigenvalue weighted by Crippen LogP contribution is -2.41. The first kappa shape index (κ1) is 16.6. The molecule has 0 bridgehead atoms. The Morgan fingerprint density at radius 2 is 2.05 bits per heavy atom. The average molecular weight is 314 g/mol. The SMILES string of the molecule is CC(O)C(O)C(CO)O[C@H](C)n1cc(F)c2c(N)ncnc21. The molecule has 0 amide bonds. The molecule has 2 aromatic heterocycles. The van der Waals surface area contributed by atoms with Gasteiger partial charge in [-0.25, -0.2) is 14.4 Å². The quantitative estimate of drug-likeness (QED) is 0.581. The zero-order valence-corrected chi connectivity index (χ0v) is 12.2. The van der Waals surface area contributed by atoms with Gasteiger partial charge in [0.1, 0.15) is 30.6 Å². The molecule has 0 saturated carbocycles. The summed E-state index contributed by atoms with van der Waals surface area (Å²) in [6, 6.07) is 0. The van der Waals surface area contributed by atoms with Gasteiger partial charge in [0.25, 0.3) is 0 Å². The summed E-state index contributed by atoms with van der Waals surface area (Å²) in [7, 11) is 0. The van der Waals surface area contributed by atoms with Gasteiger partial charge in [-0.1, -0.05) is 0 Å². The Hall–Kier alpha value is -1.81. The van der Waals surface area contributed by atoms with Crippen molar-refractivity contribution in [2.45, 2.75) is 38.4 Å². The maximum absolute atomic E-state index is 14.0. The molecule has 3 unspecified atom stereocenters. The first-order valence-electron chi connectivity index (χ1n) is 6.75. The average Bonchev–Trinajstić information content (AvgIpc) is 2.82. The lowest BCUT2D eigenvalue weighted by atomic mass is 10.1. The van der Waals surface area contributed by atoms with E-state index >= 15 is 0 Å². The molecular weight excluding hydrogens is 295 g/mol. The number of aliphatic hydroxyl groups excluding tert-OH is 3. The fourth-order valence-electron chi connectivity index (χ4n) is 2.20. The molecule has 2 heterocycles. The van der Waals surface area contributed by atoms with Gasteiger partial charge in [-0.05, 0) is 13.8 Å². The fourth-order valence-corrected chi connectivity index (χ4v) is 2.20. The molecular formula is C13H19FN4O4. The third kappa shape index (κ3) is 3.02. The standard InChI is InChI=1S/C13H19FN4O4/c1-6(20)11(21)9(4-19)22-7(2)18-3-8(14)10-12(15)16-5-17-13(10)18/h3,5-7,9,11,19-21H,4H2,1-2H3,(H2,15,16,17)/t6?,7-,9?,11?/m1/s1. The molecule has 8 nitrogen and oxygen atoms in total. The van der Waals surface area contributed by atoms with Crippen LogP contribution in [0.2, 0.25) is 0 Å². The predicted octanol–water partition coefficient (Wildman–Crippen LogP) is -0.210. The summed E-state index contributed by atoms with van der Waals surface area (Å²) in [5, 5.41) is 28.5. The van der Waals surface area contributed by atoms with Crippen LogP contribution < -0.4 is 5.73 Å². The van der Waals surface area contributed by atoms with Crippen LogP contribution in [-0.2, 0) is 4.74 Å². The number of hydrogen-bond acceptors (Lipinski definition) is 7. The van der Waals surface area contributed by atoms with Gasteiger partial charge in [-0.3, -0.25) is 0 Å². The minimum absolute atomic E-state index is 0.0103. The van der Waals surface area contributed by atoms with Crippen LogP contribution in [0.1, 0.15) is 20.1 Å². The summed E-state index contributed by atoms with van der Waals surface area (Å²) in [6.07, 6.45) is -1.79. The number of aliphatic hydroxyl groups is 3. The summed E-state index contributed by atoms with van der Waals surface area (Å²) in [5.74, 6) is -0.587. The molecule has 0 saturated heterocycles. The van der Waals surface area contributed by atoms with Crippen molar-refractivity contribution in [1.29, 1.82) is 0 Å². The molecule has 9 heteroatoms. The maximum Gasteiger partial charge on any atom is 0.154 e. The Bertz CT molecular complexity index is 648. The zero-order chi connectivity index (χ0) is 16.4. The van der Waals surface area contributed by atoms with Crippen LogP contribution in [0.25, 0.3) is 11.0 Å². The van der Waals surface area contributed by atoms with E-state index in [0.29, 0.717) is 0 Å². The number of aromatic nitrogens is 3. The number of ether oxygens (including phenoxy) is 1. The van der Waals surface area contributed by atoms with Gasteiger partial charge in [0, 0.05) is 6.20 Å². The fraction of sp³-hybridized carbons (Fsp3) is 0.538.